The normalized spacial score (nSPS) is 18.4. The number of aromatic nitrogens is 1. The van der Waals surface area contributed by atoms with Crippen LogP contribution in [0.5, 0.6) is 0 Å². The van der Waals surface area contributed by atoms with Crippen molar-refractivity contribution in [3.05, 3.63) is 28.6 Å². The molecule has 0 bridgehead atoms. The topological polar surface area (TPSA) is 60.0 Å². The van der Waals surface area contributed by atoms with Crippen molar-refractivity contribution in [2.45, 2.75) is 17.9 Å². The van der Waals surface area contributed by atoms with Crippen LogP contribution in [0, 0.1) is 0 Å². The zero-order valence-electron chi connectivity index (χ0n) is 10.4. The van der Waals surface area contributed by atoms with Gasteiger partial charge in [-0.05, 0) is 25.1 Å². The molecule has 1 aliphatic rings. The molecule has 94 valence electrons. The maximum Gasteiger partial charge on any atom is 0.266 e. The van der Waals surface area contributed by atoms with Gasteiger partial charge < -0.3 is 15.6 Å². The fourth-order valence-electron chi connectivity index (χ4n) is 2.31. The summed E-state index contributed by atoms with van der Waals surface area (Å²) in [6, 6.07) is 6.02. The standard InChI is InChI=1S/C13H15N3OS/c1-7-6-18-12-11(15-7)9-5-8(14)3-4-10(9)16(2)13(12)17/h3-5,7,15H,6,14H2,1-2H3. The number of hydrogen-bond donors (Lipinski definition) is 2. The first kappa shape index (κ1) is 11.5. The molecule has 0 saturated heterocycles. The van der Waals surface area contributed by atoms with Crippen LogP contribution in [0.4, 0.5) is 11.4 Å². The van der Waals surface area contributed by atoms with E-state index in [9.17, 15) is 4.79 Å². The molecule has 0 saturated carbocycles. The number of fused-ring (bicyclic) bond motifs is 3. The number of nitrogens with one attached hydrogen (secondary N) is 1. The highest BCUT2D eigenvalue weighted by Crippen LogP contribution is 2.36. The van der Waals surface area contributed by atoms with Crippen molar-refractivity contribution in [3.8, 4) is 0 Å². The van der Waals surface area contributed by atoms with Gasteiger partial charge in [-0.2, -0.15) is 0 Å². The summed E-state index contributed by atoms with van der Waals surface area (Å²) in [5.41, 5.74) is 8.48. The summed E-state index contributed by atoms with van der Waals surface area (Å²) in [4.78, 5) is 13.1. The summed E-state index contributed by atoms with van der Waals surface area (Å²) in [6.45, 7) is 2.12. The Labute approximate surface area is 109 Å². The van der Waals surface area contributed by atoms with Crippen LogP contribution in [0.3, 0.4) is 0 Å². The number of anilines is 2. The molecule has 3 rings (SSSR count). The van der Waals surface area contributed by atoms with Crippen LogP contribution in [-0.4, -0.2) is 16.4 Å². The van der Waals surface area contributed by atoms with Gasteiger partial charge in [0.25, 0.3) is 5.56 Å². The number of hydrogen-bond acceptors (Lipinski definition) is 4. The van der Waals surface area contributed by atoms with Gasteiger partial charge in [0, 0.05) is 29.9 Å². The third-order valence-corrected chi connectivity index (χ3v) is 4.58. The molecule has 0 aliphatic carbocycles. The second-order valence-electron chi connectivity index (χ2n) is 4.70. The van der Waals surface area contributed by atoms with Crippen LogP contribution in [0.25, 0.3) is 10.9 Å². The first-order valence-corrected chi connectivity index (χ1v) is 6.88. The predicted octanol–water partition coefficient (Wildman–Crippen LogP) is 2.03. The molecule has 1 unspecified atom stereocenters. The summed E-state index contributed by atoms with van der Waals surface area (Å²) in [6.07, 6.45) is 0. The Morgan fingerprint density at radius 3 is 3.06 bits per heavy atom. The summed E-state index contributed by atoms with van der Waals surface area (Å²) >= 11 is 1.62. The number of nitrogens with two attached hydrogens (primary N) is 1. The number of thioether (sulfide) groups is 1. The minimum absolute atomic E-state index is 0.0617. The molecule has 0 amide bonds. The van der Waals surface area contributed by atoms with E-state index in [1.54, 1.807) is 23.4 Å². The fraction of sp³-hybridized carbons (Fsp3) is 0.308. The van der Waals surface area contributed by atoms with E-state index in [-0.39, 0.29) is 5.56 Å². The van der Waals surface area contributed by atoms with Gasteiger partial charge in [0.15, 0.2) is 0 Å². The lowest BCUT2D eigenvalue weighted by Crippen LogP contribution is -2.29. The van der Waals surface area contributed by atoms with Crippen LogP contribution in [0.2, 0.25) is 0 Å². The van der Waals surface area contributed by atoms with E-state index in [0.717, 1.165) is 27.2 Å². The lowest BCUT2D eigenvalue weighted by atomic mass is 10.1. The Hall–Kier alpha value is -1.62. The Balaban J connectivity index is 2.44. The molecule has 18 heavy (non-hydrogen) atoms. The van der Waals surface area contributed by atoms with Crippen LogP contribution < -0.4 is 16.6 Å². The summed E-state index contributed by atoms with van der Waals surface area (Å²) in [5.74, 6) is 0.913. The van der Waals surface area contributed by atoms with Crippen LogP contribution in [0.15, 0.2) is 27.9 Å². The molecule has 4 nitrogen and oxygen atoms in total. The highest BCUT2D eigenvalue weighted by atomic mass is 32.2. The number of benzene rings is 1. The first-order chi connectivity index (χ1) is 8.58. The van der Waals surface area contributed by atoms with Crippen LogP contribution in [0.1, 0.15) is 6.92 Å². The number of aryl methyl sites for hydroxylation is 1. The lowest BCUT2D eigenvalue weighted by Gasteiger charge is -2.25. The van der Waals surface area contributed by atoms with E-state index in [4.69, 9.17) is 5.73 Å². The molecule has 5 heteroatoms. The van der Waals surface area contributed by atoms with Gasteiger partial charge >= 0.3 is 0 Å². The molecule has 0 radical (unpaired) electrons. The molecule has 0 fully saturated rings. The lowest BCUT2D eigenvalue weighted by molar-refractivity contribution is 0.847. The largest absolute Gasteiger partial charge is 0.399 e. The van der Waals surface area contributed by atoms with E-state index in [2.05, 4.69) is 12.2 Å². The molecule has 1 aromatic carbocycles. The maximum atomic E-state index is 12.3. The first-order valence-electron chi connectivity index (χ1n) is 5.89. The predicted molar refractivity (Wildman–Crippen MR) is 77.4 cm³/mol. The molecule has 1 aliphatic heterocycles. The van der Waals surface area contributed by atoms with Gasteiger partial charge in [0.05, 0.1) is 16.1 Å². The Kier molecular flexibility index (Phi) is 2.52. The van der Waals surface area contributed by atoms with Gasteiger partial charge in [-0.3, -0.25) is 4.79 Å². The summed E-state index contributed by atoms with van der Waals surface area (Å²) in [5, 5.41) is 4.43. The molecule has 1 atom stereocenters. The Morgan fingerprint density at radius 2 is 2.28 bits per heavy atom. The number of pyridine rings is 1. The summed E-state index contributed by atoms with van der Waals surface area (Å²) < 4.78 is 1.69. The molecule has 0 spiro atoms. The number of nitrogen functional groups attached to an aromatic ring is 1. The van der Waals surface area contributed by atoms with Crippen molar-refractivity contribution in [1.82, 2.24) is 4.57 Å². The van der Waals surface area contributed by atoms with Gasteiger partial charge in [-0.25, -0.2) is 0 Å². The Morgan fingerprint density at radius 1 is 1.50 bits per heavy atom. The molecular weight excluding hydrogens is 246 g/mol. The molecule has 3 N–H and O–H groups in total. The fourth-order valence-corrected chi connectivity index (χ4v) is 3.38. The van der Waals surface area contributed by atoms with Gasteiger partial charge in [0.1, 0.15) is 0 Å². The SMILES string of the molecule is CC1CSc2c(c3cc(N)ccc3n(C)c2=O)N1. The smallest absolute Gasteiger partial charge is 0.266 e. The van der Waals surface area contributed by atoms with E-state index in [0.29, 0.717) is 11.7 Å². The molecule has 1 aromatic heterocycles. The average Bonchev–Trinajstić information content (AvgIpc) is 2.36. The average molecular weight is 261 g/mol. The van der Waals surface area contributed by atoms with E-state index in [1.165, 1.54) is 0 Å². The van der Waals surface area contributed by atoms with Crippen LogP contribution >= 0.6 is 11.8 Å². The second kappa shape index (κ2) is 3.95. The number of nitrogens with zero attached hydrogens (tertiary/aromatic N) is 1. The van der Waals surface area contributed by atoms with E-state index in [1.807, 2.05) is 18.2 Å². The Bertz CT molecular complexity index is 693. The third kappa shape index (κ3) is 1.58. The third-order valence-electron chi connectivity index (χ3n) is 3.25. The molecule has 2 heterocycles. The maximum absolute atomic E-state index is 12.3. The van der Waals surface area contributed by atoms with Crippen molar-refractivity contribution in [3.63, 3.8) is 0 Å². The quantitative estimate of drug-likeness (QED) is 0.712. The number of rotatable bonds is 0. The highest BCUT2D eigenvalue weighted by Gasteiger charge is 2.21. The monoisotopic (exact) mass is 261 g/mol. The van der Waals surface area contributed by atoms with Gasteiger partial charge in [-0.1, -0.05) is 0 Å². The van der Waals surface area contributed by atoms with Crippen molar-refractivity contribution < 1.29 is 0 Å². The van der Waals surface area contributed by atoms with E-state index < -0.39 is 0 Å². The zero-order valence-corrected chi connectivity index (χ0v) is 11.2. The van der Waals surface area contributed by atoms with Crippen molar-refractivity contribution in [1.29, 1.82) is 0 Å². The molecular formula is C13H15N3OS. The van der Waals surface area contributed by atoms with Crippen molar-refractivity contribution >= 4 is 34.0 Å². The van der Waals surface area contributed by atoms with Crippen molar-refractivity contribution in [2.24, 2.45) is 7.05 Å². The highest BCUT2D eigenvalue weighted by molar-refractivity contribution is 7.99. The minimum atomic E-state index is 0.0617. The second-order valence-corrected chi connectivity index (χ2v) is 5.73. The molecule has 2 aromatic rings. The minimum Gasteiger partial charge on any atom is -0.399 e. The van der Waals surface area contributed by atoms with Crippen molar-refractivity contribution in [2.75, 3.05) is 16.8 Å². The van der Waals surface area contributed by atoms with Gasteiger partial charge in [0.2, 0.25) is 0 Å². The van der Waals surface area contributed by atoms with Crippen LogP contribution in [-0.2, 0) is 7.05 Å². The zero-order chi connectivity index (χ0) is 12.9. The van der Waals surface area contributed by atoms with Gasteiger partial charge in [-0.15, -0.1) is 11.8 Å². The van der Waals surface area contributed by atoms with E-state index >= 15 is 0 Å². The summed E-state index contributed by atoms with van der Waals surface area (Å²) in [7, 11) is 1.81.